The van der Waals surface area contributed by atoms with Gasteiger partial charge >= 0.3 is 6.09 Å². The second kappa shape index (κ2) is 29.1. The Kier molecular flexibility index (Phi) is 26.3. The van der Waals surface area contributed by atoms with Crippen molar-refractivity contribution in [2.45, 2.75) is 6.61 Å². The van der Waals surface area contributed by atoms with Gasteiger partial charge in [-0.05, 0) is 5.56 Å². The molecule has 0 spiro atoms. The molecule has 1 amide bonds. The number of rotatable bonds is 29. The van der Waals surface area contributed by atoms with Crippen LogP contribution >= 0.6 is 0 Å². The molecule has 1 aromatic rings. The van der Waals surface area contributed by atoms with Crippen LogP contribution in [0, 0.1) is 0 Å². The van der Waals surface area contributed by atoms with Crippen molar-refractivity contribution in [2.75, 3.05) is 126 Å². The molecule has 0 aromatic heterocycles. The zero-order valence-corrected chi connectivity index (χ0v) is 23.3. The smallest absolute Gasteiger partial charge is 0.407 e. The number of methoxy groups -OCH3 is 1. The van der Waals surface area contributed by atoms with E-state index in [0.717, 1.165) is 5.56 Å². The molecule has 0 saturated carbocycles. The molecule has 0 aliphatic rings. The van der Waals surface area contributed by atoms with Gasteiger partial charge in [0, 0.05) is 13.7 Å². The molecule has 12 heteroatoms. The average Bonchev–Trinajstić information content (AvgIpc) is 2.96. The molecule has 0 bridgehead atoms. The van der Waals surface area contributed by atoms with E-state index in [4.69, 9.17) is 47.4 Å². The quantitative estimate of drug-likeness (QED) is 0.144. The molecule has 12 nitrogen and oxygen atoms in total. The Morgan fingerprint density at radius 3 is 1.28 bits per heavy atom. The van der Waals surface area contributed by atoms with Crippen LogP contribution in [0.15, 0.2) is 30.3 Å². The van der Waals surface area contributed by atoms with Crippen LogP contribution < -0.4 is 5.32 Å². The minimum atomic E-state index is -0.466. The predicted octanol–water partition coefficient (Wildman–Crippen LogP) is 1.69. The molecule has 39 heavy (non-hydrogen) atoms. The van der Waals surface area contributed by atoms with Gasteiger partial charge in [0.05, 0.1) is 112 Å². The van der Waals surface area contributed by atoms with Gasteiger partial charge in [0.2, 0.25) is 0 Å². The highest BCUT2D eigenvalue weighted by atomic mass is 16.6. The number of ether oxygens (including phenoxy) is 10. The highest BCUT2D eigenvalue weighted by molar-refractivity contribution is 5.67. The van der Waals surface area contributed by atoms with E-state index >= 15 is 0 Å². The van der Waals surface area contributed by atoms with Crippen LogP contribution in [-0.4, -0.2) is 132 Å². The van der Waals surface area contributed by atoms with Gasteiger partial charge in [0.1, 0.15) is 6.61 Å². The predicted molar refractivity (Wildman–Crippen MR) is 143 cm³/mol. The van der Waals surface area contributed by atoms with Gasteiger partial charge in [0.25, 0.3) is 0 Å². The minimum absolute atomic E-state index is 0.241. The molecule has 0 unspecified atom stereocenters. The van der Waals surface area contributed by atoms with Crippen molar-refractivity contribution in [3.05, 3.63) is 35.9 Å². The number of carbonyl (C=O) groups excluding carboxylic acids is 1. The fourth-order valence-electron chi connectivity index (χ4n) is 2.78. The highest BCUT2D eigenvalue weighted by Gasteiger charge is 2.01. The Labute approximate surface area is 232 Å². The molecule has 1 rings (SSSR count). The van der Waals surface area contributed by atoms with Crippen LogP contribution in [0.4, 0.5) is 4.79 Å². The summed E-state index contributed by atoms with van der Waals surface area (Å²) >= 11 is 0. The summed E-state index contributed by atoms with van der Waals surface area (Å²) in [6.07, 6.45) is -0.466. The Hall–Kier alpha value is -1.87. The topological polar surface area (TPSA) is 121 Å². The normalized spacial score (nSPS) is 11.1. The van der Waals surface area contributed by atoms with E-state index in [1.165, 1.54) is 0 Å². The summed E-state index contributed by atoms with van der Waals surface area (Å²) in [6, 6.07) is 9.51. The van der Waals surface area contributed by atoms with Gasteiger partial charge in [-0.2, -0.15) is 0 Å². The first-order chi connectivity index (χ1) is 19.3. The maximum absolute atomic E-state index is 11.6. The summed E-state index contributed by atoms with van der Waals surface area (Å²) in [7, 11) is 1.64. The van der Waals surface area contributed by atoms with Gasteiger partial charge in [0.15, 0.2) is 0 Å². The van der Waals surface area contributed by atoms with E-state index in [0.29, 0.717) is 119 Å². The molecular weight excluding hydrogens is 514 g/mol. The lowest BCUT2D eigenvalue weighted by molar-refractivity contribution is -0.0242. The van der Waals surface area contributed by atoms with Crippen molar-refractivity contribution < 1.29 is 52.2 Å². The fraction of sp³-hybridized carbons (Fsp3) is 0.741. The van der Waals surface area contributed by atoms with E-state index in [2.05, 4.69) is 5.32 Å². The van der Waals surface area contributed by atoms with Crippen LogP contribution in [-0.2, 0) is 54.0 Å². The molecule has 0 heterocycles. The number of nitrogens with one attached hydrogen (secondary N) is 1. The largest absolute Gasteiger partial charge is 0.445 e. The molecule has 0 radical (unpaired) electrons. The van der Waals surface area contributed by atoms with Crippen LogP contribution in [0.5, 0.6) is 0 Å². The standard InChI is InChI=1S/C27H47NO11/c1-30-9-10-32-13-14-34-17-18-36-21-22-38-24-23-37-20-19-35-16-15-33-12-11-31-8-7-28-27(29)39-25-26-5-3-2-4-6-26/h2-6H,7-25H2,1H3,(H,28,29). The Morgan fingerprint density at radius 1 is 0.538 bits per heavy atom. The first kappa shape index (κ1) is 35.2. The average molecular weight is 562 g/mol. The number of amides is 1. The fourth-order valence-corrected chi connectivity index (χ4v) is 2.78. The van der Waals surface area contributed by atoms with Crippen molar-refractivity contribution in [3.8, 4) is 0 Å². The molecule has 0 saturated heterocycles. The van der Waals surface area contributed by atoms with Crippen LogP contribution in [0.2, 0.25) is 0 Å². The highest BCUT2D eigenvalue weighted by Crippen LogP contribution is 2.00. The molecule has 0 aliphatic carbocycles. The first-order valence-corrected chi connectivity index (χ1v) is 13.4. The van der Waals surface area contributed by atoms with Gasteiger partial charge in [-0.1, -0.05) is 30.3 Å². The summed E-state index contributed by atoms with van der Waals surface area (Å²) in [5.41, 5.74) is 0.940. The zero-order chi connectivity index (χ0) is 27.9. The van der Waals surface area contributed by atoms with Crippen LogP contribution in [0.1, 0.15) is 5.56 Å². The summed E-state index contributed by atoms with van der Waals surface area (Å²) in [5.74, 6) is 0. The van der Waals surface area contributed by atoms with E-state index in [9.17, 15) is 4.79 Å². The number of carbonyl (C=O) groups is 1. The van der Waals surface area contributed by atoms with Crippen molar-refractivity contribution in [3.63, 3.8) is 0 Å². The molecule has 0 fully saturated rings. The SMILES string of the molecule is COCCOCCOCCOCCOCCOCCOCCOCCOCCNC(=O)OCc1ccccc1. The molecule has 1 N–H and O–H groups in total. The summed E-state index contributed by atoms with van der Waals surface area (Å²) < 4.78 is 53.3. The summed E-state index contributed by atoms with van der Waals surface area (Å²) in [6.45, 7) is 9.20. The number of benzene rings is 1. The third-order valence-corrected chi connectivity index (χ3v) is 4.76. The van der Waals surface area contributed by atoms with Gasteiger partial charge < -0.3 is 52.7 Å². The Balaban J connectivity index is 1.66. The van der Waals surface area contributed by atoms with E-state index in [1.54, 1.807) is 7.11 Å². The van der Waals surface area contributed by atoms with Gasteiger partial charge in [-0.25, -0.2) is 4.79 Å². The number of alkyl carbamates (subject to hydrolysis) is 1. The first-order valence-electron chi connectivity index (χ1n) is 13.4. The summed E-state index contributed by atoms with van der Waals surface area (Å²) in [4.78, 5) is 11.6. The molecule has 1 aromatic carbocycles. The molecule has 0 aliphatic heterocycles. The third-order valence-electron chi connectivity index (χ3n) is 4.76. The minimum Gasteiger partial charge on any atom is -0.445 e. The molecular formula is C27H47NO11. The van der Waals surface area contributed by atoms with Crippen molar-refractivity contribution in [1.82, 2.24) is 5.32 Å². The number of hydrogen-bond acceptors (Lipinski definition) is 11. The monoisotopic (exact) mass is 561 g/mol. The number of hydrogen-bond donors (Lipinski definition) is 1. The maximum atomic E-state index is 11.6. The third kappa shape index (κ3) is 26.1. The van der Waals surface area contributed by atoms with Crippen LogP contribution in [0.25, 0.3) is 0 Å². The summed E-state index contributed by atoms with van der Waals surface area (Å²) in [5, 5.41) is 2.64. The second-order valence-electron chi connectivity index (χ2n) is 7.88. The van der Waals surface area contributed by atoms with E-state index in [-0.39, 0.29) is 6.61 Å². The van der Waals surface area contributed by atoms with E-state index in [1.807, 2.05) is 30.3 Å². The maximum Gasteiger partial charge on any atom is 0.407 e. The lowest BCUT2D eigenvalue weighted by Crippen LogP contribution is -2.28. The Morgan fingerprint density at radius 2 is 0.897 bits per heavy atom. The van der Waals surface area contributed by atoms with Crippen molar-refractivity contribution in [2.24, 2.45) is 0 Å². The lowest BCUT2D eigenvalue weighted by Gasteiger charge is -2.09. The van der Waals surface area contributed by atoms with Gasteiger partial charge in [-0.3, -0.25) is 0 Å². The van der Waals surface area contributed by atoms with E-state index < -0.39 is 6.09 Å². The second-order valence-corrected chi connectivity index (χ2v) is 7.88. The van der Waals surface area contributed by atoms with Crippen LogP contribution in [0.3, 0.4) is 0 Å². The van der Waals surface area contributed by atoms with Crippen molar-refractivity contribution >= 4 is 6.09 Å². The Bertz CT molecular complexity index is 639. The van der Waals surface area contributed by atoms with Crippen molar-refractivity contribution in [1.29, 1.82) is 0 Å². The molecule has 226 valence electrons. The van der Waals surface area contributed by atoms with Gasteiger partial charge in [-0.15, -0.1) is 0 Å². The zero-order valence-electron chi connectivity index (χ0n) is 23.3. The molecule has 0 atom stereocenters. The lowest BCUT2D eigenvalue weighted by atomic mass is 10.2.